The molecule has 0 aliphatic heterocycles. The highest BCUT2D eigenvalue weighted by atomic mass is 19.4. The molecule has 0 radical (unpaired) electrons. The van der Waals surface area contributed by atoms with E-state index < -0.39 is 53.4 Å². The molecule has 1 aliphatic carbocycles. The van der Waals surface area contributed by atoms with Gasteiger partial charge in [-0.2, -0.15) is 26.3 Å². The molecule has 0 bridgehead atoms. The van der Waals surface area contributed by atoms with Gasteiger partial charge in [0.05, 0.1) is 27.9 Å². The molecule has 2 aromatic rings. The molecule has 0 aromatic heterocycles. The van der Waals surface area contributed by atoms with E-state index in [0.29, 0.717) is 0 Å². The number of amides is 2. The van der Waals surface area contributed by atoms with Gasteiger partial charge in [0.2, 0.25) is 0 Å². The summed E-state index contributed by atoms with van der Waals surface area (Å²) in [5, 5.41) is 5.06. The van der Waals surface area contributed by atoms with Crippen LogP contribution in [-0.2, 0) is 21.9 Å². The second kappa shape index (κ2) is 9.12. The zero-order valence-corrected chi connectivity index (χ0v) is 16.6. The highest BCUT2D eigenvalue weighted by molar-refractivity contribution is 6.04. The van der Waals surface area contributed by atoms with Crippen LogP contribution in [0.25, 0.3) is 0 Å². The van der Waals surface area contributed by atoms with Crippen molar-refractivity contribution in [1.82, 2.24) is 5.32 Å². The highest BCUT2D eigenvalue weighted by Crippen LogP contribution is 2.36. The van der Waals surface area contributed by atoms with E-state index in [4.69, 9.17) is 0 Å². The Hall–Kier alpha value is -3.57. The average Bonchev–Trinajstić information content (AvgIpc) is 3.54. The van der Waals surface area contributed by atoms with Crippen LogP contribution < -0.4 is 10.6 Å². The van der Waals surface area contributed by atoms with Gasteiger partial charge in [0.15, 0.2) is 6.61 Å². The number of rotatable bonds is 6. The van der Waals surface area contributed by atoms with Crippen molar-refractivity contribution in [2.75, 3.05) is 11.9 Å². The second-order valence-electron chi connectivity index (χ2n) is 7.21. The summed E-state index contributed by atoms with van der Waals surface area (Å²) < 4.78 is 82.1. The molecule has 6 nitrogen and oxygen atoms in total. The van der Waals surface area contributed by atoms with E-state index in [-0.39, 0.29) is 35.5 Å². The SMILES string of the molecule is O=C(COC(=O)c1cc(C(F)(F)F)cc(C(F)(F)F)c1)Nc1ccccc1C(=O)NC1CC1. The molecule has 1 saturated carbocycles. The summed E-state index contributed by atoms with van der Waals surface area (Å²) in [4.78, 5) is 36.4. The molecule has 1 aliphatic rings. The van der Waals surface area contributed by atoms with Crippen molar-refractivity contribution in [3.63, 3.8) is 0 Å². The van der Waals surface area contributed by atoms with Crippen LogP contribution in [0.4, 0.5) is 32.0 Å². The molecular weight excluding hydrogens is 458 g/mol. The standard InChI is InChI=1S/C21H16F6N2O4/c22-20(23,24)12-7-11(8-13(9-12)21(25,26)27)19(32)33-10-17(30)29-16-4-2-1-3-15(16)18(31)28-14-5-6-14/h1-4,7-9,14H,5-6,10H2,(H,28,31)(H,29,30). The topological polar surface area (TPSA) is 84.5 Å². The third-order valence-corrected chi connectivity index (χ3v) is 4.52. The van der Waals surface area contributed by atoms with E-state index in [1.54, 1.807) is 6.07 Å². The molecule has 176 valence electrons. The number of nitrogens with one attached hydrogen (secondary N) is 2. The van der Waals surface area contributed by atoms with Crippen molar-refractivity contribution in [3.8, 4) is 0 Å². The van der Waals surface area contributed by atoms with Gasteiger partial charge >= 0.3 is 18.3 Å². The van der Waals surface area contributed by atoms with Gasteiger partial charge in [0.1, 0.15) is 0 Å². The number of para-hydroxylation sites is 1. The maximum absolute atomic E-state index is 12.9. The smallest absolute Gasteiger partial charge is 0.416 e. The Morgan fingerprint density at radius 1 is 0.909 bits per heavy atom. The predicted octanol–water partition coefficient (Wildman–Crippen LogP) is 4.41. The van der Waals surface area contributed by atoms with Crippen LogP contribution in [0, 0.1) is 0 Å². The summed E-state index contributed by atoms with van der Waals surface area (Å²) in [5.41, 5.74) is -4.17. The molecule has 3 rings (SSSR count). The third-order valence-electron chi connectivity index (χ3n) is 4.52. The summed E-state index contributed by atoms with van der Waals surface area (Å²) in [5.74, 6) is -2.94. The number of alkyl halides is 6. The summed E-state index contributed by atoms with van der Waals surface area (Å²) in [6, 6.07) is 6.26. The van der Waals surface area contributed by atoms with E-state index in [1.807, 2.05) is 0 Å². The Bertz CT molecular complexity index is 1040. The molecule has 0 unspecified atom stereocenters. The Labute approximate surface area is 182 Å². The fourth-order valence-corrected chi connectivity index (χ4v) is 2.75. The van der Waals surface area contributed by atoms with Crippen LogP contribution in [0.5, 0.6) is 0 Å². The number of hydrogen-bond acceptors (Lipinski definition) is 4. The Morgan fingerprint density at radius 3 is 2.03 bits per heavy atom. The fraction of sp³-hybridized carbons (Fsp3) is 0.286. The monoisotopic (exact) mass is 474 g/mol. The lowest BCUT2D eigenvalue weighted by Gasteiger charge is -2.14. The summed E-state index contributed by atoms with van der Waals surface area (Å²) in [6.07, 6.45) is -8.61. The van der Waals surface area contributed by atoms with Crippen molar-refractivity contribution >= 4 is 23.5 Å². The van der Waals surface area contributed by atoms with E-state index >= 15 is 0 Å². The van der Waals surface area contributed by atoms with Crippen LogP contribution >= 0.6 is 0 Å². The number of hydrogen-bond donors (Lipinski definition) is 2. The zero-order chi connectivity index (χ0) is 24.4. The van der Waals surface area contributed by atoms with Crippen molar-refractivity contribution in [2.45, 2.75) is 31.2 Å². The minimum atomic E-state index is -5.14. The number of carbonyl (C=O) groups excluding carboxylic acids is 3. The molecule has 2 N–H and O–H groups in total. The second-order valence-corrected chi connectivity index (χ2v) is 7.21. The number of esters is 1. The first-order valence-corrected chi connectivity index (χ1v) is 9.51. The minimum Gasteiger partial charge on any atom is -0.452 e. The maximum Gasteiger partial charge on any atom is 0.416 e. The number of benzene rings is 2. The van der Waals surface area contributed by atoms with Crippen LogP contribution in [0.15, 0.2) is 42.5 Å². The summed E-state index contributed by atoms with van der Waals surface area (Å²) in [7, 11) is 0. The van der Waals surface area contributed by atoms with Crippen LogP contribution in [0.2, 0.25) is 0 Å². The maximum atomic E-state index is 12.9. The first-order valence-electron chi connectivity index (χ1n) is 9.51. The first-order chi connectivity index (χ1) is 15.3. The molecular formula is C21H16F6N2O4. The van der Waals surface area contributed by atoms with Crippen molar-refractivity contribution in [2.24, 2.45) is 0 Å². The molecule has 33 heavy (non-hydrogen) atoms. The molecule has 2 amide bonds. The van der Waals surface area contributed by atoms with Gasteiger partial charge in [-0.3, -0.25) is 9.59 Å². The van der Waals surface area contributed by atoms with Crippen molar-refractivity contribution < 1.29 is 45.5 Å². The van der Waals surface area contributed by atoms with Gasteiger partial charge in [-0.25, -0.2) is 4.79 Å². The number of ether oxygens (including phenoxy) is 1. The Morgan fingerprint density at radius 2 is 1.48 bits per heavy atom. The van der Waals surface area contributed by atoms with Crippen LogP contribution in [-0.4, -0.2) is 30.4 Å². The van der Waals surface area contributed by atoms with Crippen molar-refractivity contribution in [3.05, 3.63) is 64.7 Å². The molecule has 2 aromatic carbocycles. The first kappa shape index (κ1) is 24.1. The fourth-order valence-electron chi connectivity index (χ4n) is 2.75. The lowest BCUT2D eigenvalue weighted by Crippen LogP contribution is -2.28. The number of anilines is 1. The van der Waals surface area contributed by atoms with Gasteiger partial charge in [0, 0.05) is 6.04 Å². The summed E-state index contributed by atoms with van der Waals surface area (Å²) >= 11 is 0. The molecule has 0 atom stereocenters. The highest BCUT2D eigenvalue weighted by Gasteiger charge is 2.37. The third kappa shape index (κ3) is 6.46. The van der Waals surface area contributed by atoms with Gasteiger partial charge in [-0.15, -0.1) is 0 Å². The molecule has 1 fully saturated rings. The van der Waals surface area contributed by atoms with Gasteiger partial charge < -0.3 is 15.4 Å². The van der Waals surface area contributed by atoms with Crippen LogP contribution in [0.3, 0.4) is 0 Å². The minimum absolute atomic E-state index is 0.0521. The lowest BCUT2D eigenvalue weighted by atomic mass is 10.0. The molecule has 0 saturated heterocycles. The van der Waals surface area contributed by atoms with Gasteiger partial charge in [0.25, 0.3) is 11.8 Å². The predicted molar refractivity (Wildman–Crippen MR) is 102 cm³/mol. The Balaban J connectivity index is 1.69. The van der Waals surface area contributed by atoms with E-state index in [9.17, 15) is 40.7 Å². The molecule has 0 heterocycles. The van der Waals surface area contributed by atoms with E-state index in [1.165, 1.54) is 18.2 Å². The van der Waals surface area contributed by atoms with Crippen molar-refractivity contribution in [1.29, 1.82) is 0 Å². The van der Waals surface area contributed by atoms with Crippen LogP contribution in [0.1, 0.15) is 44.7 Å². The largest absolute Gasteiger partial charge is 0.452 e. The molecule has 0 spiro atoms. The number of halogens is 6. The lowest BCUT2D eigenvalue weighted by molar-refractivity contribution is -0.143. The quantitative estimate of drug-likeness (QED) is 0.480. The average molecular weight is 474 g/mol. The molecule has 12 heteroatoms. The Kier molecular flexibility index (Phi) is 6.65. The normalized spacial score (nSPS) is 13.9. The summed E-state index contributed by atoms with van der Waals surface area (Å²) in [6.45, 7) is -1.00. The van der Waals surface area contributed by atoms with Gasteiger partial charge in [-0.1, -0.05) is 12.1 Å². The van der Waals surface area contributed by atoms with Gasteiger partial charge in [-0.05, 0) is 43.2 Å². The number of carbonyl (C=O) groups is 3. The zero-order valence-electron chi connectivity index (χ0n) is 16.6. The van der Waals surface area contributed by atoms with E-state index in [2.05, 4.69) is 15.4 Å². The van der Waals surface area contributed by atoms with E-state index in [0.717, 1.165) is 12.8 Å².